The Labute approximate surface area is 130 Å². The van der Waals surface area contributed by atoms with Gasteiger partial charge >= 0.3 is 0 Å². The largest absolute Gasteiger partial charge is 0.289 e. The topological polar surface area (TPSA) is 63.7 Å². The van der Waals surface area contributed by atoms with Gasteiger partial charge in [-0.3, -0.25) is 19.2 Å². The van der Waals surface area contributed by atoms with Gasteiger partial charge in [-0.05, 0) is 47.0 Å². The van der Waals surface area contributed by atoms with E-state index in [-0.39, 0.29) is 17.5 Å². The third-order valence-electron chi connectivity index (χ3n) is 5.00. The van der Waals surface area contributed by atoms with E-state index in [9.17, 15) is 14.4 Å². The van der Waals surface area contributed by atoms with Gasteiger partial charge in [-0.25, -0.2) is 5.06 Å². The zero-order valence-electron chi connectivity index (χ0n) is 13.9. The molecule has 22 heavy (non-hydrogen) atoms. The van der Waals surface area contributed by atoms with Gasteiger partial charge < -0.3 is 0 Å². The van der Waals surface area contributed by atoms with Crippen molar-refractivity contribution in [1.82, 2.24) is 5.06 Å². The highest BCUT2D eigenvalue weighted by molar-refractivity contribution is 6.24. The molecule has 2 aliphatic rings. The Hall–Kier alpha value is -1.75. The minimum Gasteiger partial charge on any atom is -0.289 e. The fourth-order valence-electron chi connectivity index (χ4n) is 3.28. The zero-order chi connectivity index (χ0) is 16.7. The number of ketones is 2. The van der Waals surface area contributed by atoms with Crippen molar-refractivity contribution in [2.45, 2.75) is 58.9 Å². The lowest BCUT2D eigenvalue weighted by atomic mass is 9.81. The molecule has 0 aromatic heterocycles. The molecule has 0 aromatic rings. The average Bonchev–Trinajstić information content (AvgIpc) is 2.78. The summed E-state index contributed by atoms with van der Waals surface area (Å²) in [7, 11) is 1.48. The molecule has 1 heterocycles. The van der Waals surface area contributed by atoms with Crippen LogP contribution in [0.3, 0.4) is 0 Å². The number of carbonyl (C=O) groups is 3. The molecule has 1 unspecified atom stereocenters. The number of hydrogen-bond acceptors (Lipinski definition) is 4. The monoisotopic (exact) mass is 305 g/mol. The van der Waals surface area contributed by atoms with E-state index in [1.54, 1.807) is 20.8 Å². The Balaban J connectivity index is 2.20. The van der Waals surface area contributed by atoms with Gasteiger partial charge in [0.2, 0.25) is 5.91 Å². The summed E-state index contributed by atoms with van der Waals surface area (Å²) in [6.07, 6.45) is 2.23. The molecular formula is C17H23NO4. The number of Topliss-reactive ketones (excluding diaryl/α,β-unsaturated/α-hetero) is 2. The van der Waals surface area contributed by atoms with Crippen molar-refractivity contribution < 1.29 is 19.2 Å². The lowest BCUT2D eigenvalue weighted by Gasteiger charge is -2.33. The molecule has 0 spiro atoms. The van der Waals surface area contributed by atoms with E-state index < -0.39 is 5.54 Å². The number of hydrogen-bond donors (Lipinski definition) is 0. The fourth-order valence-corrected chi connectivity index (χ4v) is 3.28. The second-order valence-electron chi connectivity index (χ2n) is 6.38. The van der Waals surface area contributed by atoms with Crippen LogP contribution in [0.15, 0.2) is 22.3 Å². The van der Waals surface area contributed by atoms with Crippen LogP contribution in [-0.4, -0.2) is 35.2 Å². The summed E-state index contributed by atoms with van der Waals surface area (Å²) >= 11 is 0. The molecular weight excluding hydrogens is 282 g/mol. The predicted octanol–water partition coefficient (Wildman–Crippen LogP) is 2.51. The maximum atomic E-state index is 12.4. The number of rotatable bonds is 4. The van der Waals surface area contributed by atoms with Crippen molar-refractivity contribution in [2.24, 2.45) is 0 Å². The average molecular weight is 305 g/mol. The van der Waals surface area contributed by atoms with E-state index in [1.807, 2.05) is 6.92 Å². The lowest BCUT2D eigenvalue weighted by molar-refractivity contribution is -0.193. The van der Waals surface area contributed by atoms with Gasteiger partial charge in [-0.2, -0.15) is 0 Å². The van der Waals surface area contributed by atoms with Crippen molar-refractivity contribution in [3.63, 3.8) is 0 Å². The van der Waals surface area contributed by atoms with E-state index in [0.29, 0.717) is 48.0 Å². The van der Waals surface area contributed by atoms with Crippen molar-refractivity contribution in [1.29, 1.82) is 0 Å². The van der Waals surface area contributed by atoms with Gasteiger partial charge in [0, 0.05) is 28.7 Å². The minimum atomic E-state index is -0.424. The molecule has 0 N–H and O–H groups in total. The van der Waals surface area contributed by atoms with Gasteiger partial charge in [0.05, 0.1) is 12.6 Å². The summed E-state index contributed by atoms with van der Waals surface area (Å²) in [5, 5.41) is 1.41. The van der Waals surface area contributed by atoms with Gasteiger partial charge in [0.25, 0.3) is 0 Å². The third-order valence-corrected chi connectivity index (χ3v) is 5.00. The molecule has 1 saturated heterocycles. The Bertz CT molecular complexity index is 614. The number of allylic oxidation sites excluding steroid dienone is 4. The van der Waals surface area contributed by atoms with E-state index in [2.05, 4.69) is 0 Å². The Morgan fingerprint density at radius 2 is 1.64 bits per heavy atom. The first-order valence-electron chi connectivity index (χ1n) is 7.56. The lowest BCUT2D eigenvalue weighted by Crippen LogP contribution is -2.42. The van der Waals surface area contributed by atoms with Crippen LogP contribution in [0, 0.1) is 0 Å². The first-order chi connectivity index (χ1) is 10.2. The number of carbonyl (C=O) groups excluding carboxylic acids is 3. The van der Waals surface area contributed by atoms with Crippen LogP contribution in [0.4, 0.5) is 0 Å². The number of hydroxylamine groups is 2. The second kappa shape index (κ2) is 5.80. The first-order valence-corrected chi connectivity index (χ1v) is 7.56. The molecule has 1 atom stereocenters. The summed E-state index contributed by atoms with van der Waals surface area (Å²) in [4.78, 5) is 41.6. The highest BCUT2D eigenvalue weighted by Gasteiger charge is 2.42. The molecule has 5 heteroatoms. The van der Waals surface area contributed by atoms with E-state index in [4.69, 9.17) is 4.84 Å². The van der Waals surface area contributed by atoms with Crippen LogP contribution >= 0.6 is 0 Å². The molecule has 120 valence electrons. The maximum Gasteiger partial charge on any atom is 0.246 e. The second-order valence-corrected chi connectivity index (χ2v) is 6.38. The number of amides is 1. The summed E-state index contributed by atoms with van der Waals surface area (Å²) in [6.45, 7) is 7.06. The quantitative estimate of drug-likeness (QED) is 0.749. The Morgan fingerprint density at radius 3 is 2.23 bits per heavy atom. The predicted molar refractivity (Wildman–Crippen MR) is 81.8 cm³/mol. The Morgan fingerprint density at radius 1 is 1.05 bits per heavy atom. The molecule has 0 saturated carbocycles. The molecule has 0 radical (unpaired) electrons. The summed E-state index contributed by atoms with van der Waals surface area (Å²) in [6, 6.07) is 0. The SMILES string of the molecule is CON1C(=O)CCC1(C)CCC1=C(C)C(=O)C(C)=C(C)C1=O. The summed E-state index contributed by atoms with van der Waals surface area (Å²) in [5.41, 5.74) is 1.75. The van der Waals surface area contributed by atoms with Gasteiger partial charge in [-0.15, -0.1) is 0 Å². The molecule has 2 rings (SSSR count). The van der Waals surface area contributed by atoms with E-state index in [1.165, 1.54) is 12.2 Å². The third kappa shape index (κ3) is 2.54. The highest BCUT2D eigenvalue weighted by atomic mass is 16.7. The first kappa shape index (κ1) is 16.6. The molecule has 0 aromatic carbocycles. The minimum absolute atomic E-state index is 0.0336. The van der Waals surface area contributed by atoms with Crippen LogP contribution in [0.2, 0.25) is 0 Å². The summed E-state index contributed by atoms with van der Waals surface area (Å²) < 4.78 is 0. The smallest absolute Gasteiger partial charge is 0.246 e. The molecule has 1 amide bonds. The van der Waals surface area contributed by atoms with Crippen molar-refractivity contribution in [3.05, 3.63) is 22.3 Å². The van der Waals surface area contributed by atoms with Crippen LogP contribution in [-0.2, 0) is 19.2 Å². The van der Waals surface area contributed by atoms with Crippen molar-refractivity contribution in [3.8, 4) is 0 Å². The van der Waals surface area contributed by atoms with E-state index in [0.717, 1.165) is 0 Å². The molecule has 1 fully saturated rings. The molecule has 5 nitrogen and oxygen atoms in total. The normalized spacial score (nSPS) is 26.6. The maximum absolute atomic E-state index is 12.4. The molecule has 1 aliphatic carbocycles. The fraction of sp³-hybridized carbons (Fsp3) is 0.588. The van der Waals surface area contributed by atoms with Crippen molar-refractivity contribution >= 4 is 17.5 Å². The highest BCUT2D eigenvalue weighted by Crippen LogP contribution is 2.36. The van der Waals surface area contributed by atoms with Crippen LogP contribution in [0.25, 0.3) is 0 Å². The van der Waals surface area contributed by atoms with Gasteiger partial charge in [0.15, 0.2) is 11.6 Å². The van der Waals surface area contributed by atoms with Gasteiger partial charge in [-0.1, -0.05) is 0 Å². The number of nitrogens with zero attached hydrogens (tertiary/aromatic N) is 1. The van der Waals surface area contributed by atoms with Crippen LogP contribution in [0.5, 0.6) is 0 Å². The zero-order valence-corrected chi connectivity index (χ0v) is 13.9. The Kier molecular flexibility index (Phi) is 4.38. The van der Waals surface area contributed by atoms with E-state index >= 15 is 0 Å². The standard InChI is InChI=1S/C17H23NO4/c1-10-11(2)16(21)13(12(3)15(10)20)6-8-17(4)9-7-14(19)18(17)22-5/h6-9H2,1-5H3. The van der Waals surface area contributed by atoms with Gasteiger partial charge in [0.1, 0.15) is 0 Å². The molecule has 1 aliphatic heterocycles. The van der Waals surface area contributed by atoms with Crippen LogP contribution < -0.4 is 0 Å². The van der Waals surface area contributed by atoms with Crippen LogP contribution in [0.1, 0.15) is 53.4 Å². The summed E-state index contributed by atoms with van der Waals surface area (Å²) in [5.74, 6) is -0.136. The molecule has 0 bridgehead atoms. The van der Waals surface area contributed by atoms with Crippen molar-refractivity contribution in [2.75, 3.05) is 7.11 Å².